The van der Waals surface area contributed by atoms with Crippen molar-refractivity contribution in [3.63, 3.8) is 0 Å². The minimum atomic E-state index is -3.87. The van der Waals surface area contributed by atoms with Gasteiger partial charge in [-0.25, -0.2) is 12.8 Å². The molecule has 0 unspecified atom stereocenters. The number of Topliss-reactive ketones (excluding diaryl/α,β-unsaturated/α-hetero) is 1. The third kappa shape index (κ3) is 4.46. The van der Waals surface area contributed by atoms with Gasteiger partial charge in [-0.1, -0.05) is 6.07 Å². The molecular weight excluding hydrogens is 453 g/mol. The molecule has 168 valence electrons. The summed E-state index contributed by atoms with van der Waals surface area (Å²) in [5, 5.41) is 11.6. The summed E-state index contributed by atoms with van der Waals surface area (Å²) in [6.07, 6.45) is 1.25. The monoisotopic (exact) mass is 469 g/mol. The van der Waals surface area contributed by atoms with Crippen molar-refractivity contribution in [1.29, 1.82) is 0 Å². The van der Waals surface area contributed by atoms with Crippen LogP contribution in [0.4, 0.5) is 10.1 Å². The van der Waals surface area contributed by atoms with Crippen molar-refractivity contribution in [2.24, 2.45) is 0 Å². The number of ether oxygens (including phenoxy) is 2. The number of sulfone groups is 1. The Bertz CT molecular complexity index is 1410. The number of halogens is 1. The largest absolute Gasteiger partial charge is 0.497 e. The van der Waals surface area contributed by atoms with E-state index in [1.807, 2.05) is 0 Å². The average molecular weight is 469 g/mol. The number of rotatable bonds is 5. The molecule has 0 saturated carbocycles. The fourth-order valence-electron chi connectivity index (χ4n) is 3.40. The summed E-state index contributed by atoms with van der Waals surface area (Å²) in [5.74, 6) is -1.09. The van der Waals surface area contributed by atoms with Crippen LogP contribution in [0.5, 0.6) is 17.2 Å². The molecule has 10 heteroatoms. The third-order valence-electron chi connectivity index (χ3n) is 4.97. The highest BCUT2D eigenvalue weighted by atomic mass is 32.2. The normalized spacial score (nSPS) is 15.7. The number of nitro groups is 1. The number of nitro benzene ring substituents is 1. The molecule has 8 nitrogen and oxygen atoms in total. The minimum absolute atomic E-state index is 0.0395. The van der Waals surface area contributed by atoms with Crippen molar-refractivity contribution in [3.8, 4) is 17.2 Å². The number of carbonyl (C=O) groups excluding carboxylic acids is 1. The standard InChI is InChI=1S/C23H16FNO7S/c1-31-17-4-6-18(7-5-17)32-21-8-2-14(11-20(21)25(27)28)10-15-13-33(29,30)22-9-3-16(24)12-19(22)23(15)26/h2-12H,13H2,1H3/b15-10-. The van der Waals surface area contributed by atoms with Gasteiger partial charge in [0.2, 0.25) is 5.75 Å². The summed E-state index contributed by atoms with van der Waals surface area (Å²) in [6.45, 7) is 0. The molecule has 1 aliphatic rings. The Balaban J connectivity index is 1.70. The number of fused-ring (bicyclic) bond motifs is 1. The van der Waals surface area contributed by atoms with Crippen LogP contribution in [-0.4, -0.2) is 32.0 Å². The predicted molar refractivity (Wildman–Crippen MR) is 117 cm³/mol. The highest BCUT2D eigenvalue weighted by molar-refractivity contribution is 7.91. The van der Waals surface area contributed by atoms with E-state index < -0.39 is 32.1 Å². The lowest BCUT2D eigenvalue weighted by Gasteiger charge is -2.18. The van der Waals surface area contributed by atoms with Gasteiger partial charge in [-0.2, -0.15) is 0 Å². The summed E-state index contributed by atoms with van der Waals surface area (Å²) in [6, 6.07) is 13.3. The summed E-state index contributed by atoms with van der Waals surface area (Å²) >= 11 is 0. The molecule has 0 amide bonds. The first-order valence-electron chi connectivity index (χ1n) is 9.56. The summed E-state index contributed by atoms with van der Waals surface area (Å²) in [5.41, 5.74) is -0.535. The molecule has 0 N–H and O–H groups in total. The van der Waals surface area contributed by atoms with Crippen molar-refractivity contribution in [3.05, 3.63) is 93.3 Å². The van der Waals surface area contributed by atoms with Gasteiger partial charge >= 0.3 is 5.69 Å². The molecule has 0 saturated heterocycles. The Morgan fingerprint density at radius 1 is 1.03 bits per heavy atom. The quantitative estimate of drug-likeness (QED) is 0.232. The molecule has 4 rings (SSSR count). The van der Waals surface area contributed by atoms with Crippen molar-refractivity contribution in [2.75, 3.05) is 12.9 Å². The third-order valence-corrected chi connectivity index (χ3v) is 6.68. The molecule has 1 heterocycles. The lowest BCUT2D eigenvalue weighted by atomic mass is 10.0. The van der Waals surface area contributed by atoms with E-state index in [1.165, 1.54) is 31.4 Å². The summed E-state index contributed by atoms with van der Waals surface area (Å²) < 4.78 is 49.4. The van der Waals surface area contributed by atoms with Gasteiger partial charge in [0.1, 0.15) is 17.3 Å². The Labute approximate surface area is 188 Å². The van der Waals surface area contributed by atoms with E-state index >= 15 is 0 Å². The van der Waals surface area contributed by atoms with Gasteiger partial charge in [0.15, 0.2) is 15.6 Å². The molecule has 3 aromatic rings. The maximum Gasteiger partial charge on any atom is 0.312 e. The molecule has 0 radical (unpaired) electrons. The number of carbonyl (C=O) groups is 1. The zero-order chi connectivity index (χ0) is 23.8. The van der Waals surface area contributed by atoms with Crippen LogP contribution in [0, 0.1) is 15.9 Å². The van der Waals surface area contributed by atoms with Crippen LogP contribution >= 0.6 is 0 Å². The second-order valence-electron chi connectivity index (χ2n) is 7.16. The molecule has 0 atom stereocenters. The van der Waals surface area contributed by atoms with Crippen molar-refractivity contribution in [1.82, 2.24) is 0 Å². The zero-order valence-electron chi connectivity index (χ0n) is 17.1. The summed E-state index contributed by atoms with van der Waals surface area (Å²) in [4.78, 5) is 23.5. The van der Waals surface area contributed by atoms with Crippen molar-refractivity contribution in [2.45, 2.75) is 4.90 Å². The number of ketones is 1. The molecule has 33 heavy (non-hydrogen) atoms. The second-order valence-corrected chi connectivity index (χ2v) is 9.12. The Morgan fingerprint density at radius 2 is 1.73 bits per heavy atom. The molecule has 0 bridgehead atoms. The van der Waals surface area contributed by atoms with E-state index in [-0.39, 0.29) is 33.0 Å². The number of benzene rings is 3. The number of hydrogen-bond acceptors (Lipinski definition) is 7. The van der Waals surface area contributed by atoms with Crippen LogP contribution in [0.15, 0.2) is 71.1 Å². The topological polar surface area (TPSA) is 113 Å². The molecule has 0 fully saturated rings. The first-order chi connectivity index (χ1) is 15.7. The van der Waals surface area contributed by atoms with Crippen LogP contribution < -0.4 is 9.47 Å². The highest BCUT2D eigenvalue weighted by Crippen LogP contribution is 2.35. The van der Waals surface area contributed by atoms with Crippen LogP contribution in [-0.2, 0) is 9.84 Å². The lowest BCUT2D eigenvalue weighted by Crippen LogP contribution is -2.24. The van der Waals surface area contributed by atoms with Crippen LogP contribution in [0.3, 0.4) is 0 Å². The molecular formula is C23H16FNO7S. The maximum atomic E-state index is 13.6. The fraction of sp³-hybridized carbons (Fsp3) is 0.0870. The number of nitrogens with zero attached hydrogens (tertiary/aromatic N) is 1. The molecule has 0 aliphatic carbocycles. The molecule has 3 aromatic carbocycles. The van der Waals surface area contributed by atoms with Crippen molar-refractivity contribution < 1.29 is 32.0 Å². The van der Waals surface area contributed by atoms with E-state index in [1.54, 1.807) is 24.3 Å². The Kier molecular flexibility index (Phi) is 5.69. The van der Waals surface area contributed by atoms with Gasteiger partial charge < -0.3 is 9.47 Å². The van der Waals surface area contributed by atoms with Gasteiger partial charge in [0.25, 0.3) is 0 Å². The predicted octanol–water partition coefficient (Wildman–Crippen LogP) is 4.59. The van der Waals surface area contributed by atoms with Crippen LogP contribution in [0.25, 0.3) is 6.08 Å². The smallest absolute Gasteiger partial charge is 0.312 e. The maximum absolute atomic E-state index is 13.6. The highest BCUT2D eigenvalue weighted by Gasteiger charge is 2.33. The van der Waals surface area contributed by atoms with E-state index in [0.717, 1.165) is 18.2 Å². The first kappa shape index (κ1) is 22.2. The minimum Gasteiger partial charge on any atom is -0.497 e. The van der Waals surface area contributed by atoms with E-state index in [0.29, 0.717) is 11.5 Å². The summed E-state index contributed by atoms with van der Waals surface area (Å²) in [7, 11) is -2.36. The van der Waals surface area contributed by atoms with E-state index in [4.69, 9.17) is 9.47 Å². The Morgan fingerprint density at radius 3 is 2.39 bits per heavy atom. The van der Waals surface area contributed by atoms with Gasteiger partial charge in [0, 0.05) is 17.2 Å². The first-order valence-corrected chi connectivity index (χ1v) is 11.2. The van der Waals surface area contributed by atoms with E-state index in [2.05, 4.69) is 0 Å². The van der Waals surface area contributed by atoms with Gasteiger partial charge in [0.05, 0.1) is 22.7 Å². The zero-order valence-corrected chi connectivity index (χ0v) is 18.0. The fourth-order valence-corrected chi connectivity index (χ4v) is 4.95. The number of hydrogen-bond donors (Lipinski definition) is 0. The van der Waals surface area contributed by atoms with Crippen LogP contribution in [0.1, 0.15) is 15.9 Å². The van der Waals surface area contributed by atoms with Crippen molar-refractivity contribution >= 4 is 27.4 Å². The SMILES string of the molecule is COc1ccc(Oc2ccc(/C=C3/CS(=O)(=O)c4ccc(F)cc4C3=O)cc2[N+](=O)[O-])cc1. The van der Waals surface area contributed by atoms with Gasteiger partial charge in [-0.15, -0.1) is 0 Å². The molecule has 0 spiro atoms. The molecule has 0 aromatic heterocycles. The lowest BCUT2D eigenvalue weighted by molar-refractivity contribution is -0.385. The number of methoxy groups -OCH3 is 1. The average Bonchev–Trinajstić information content (AvgIpc) is 2.78. The Hall–Kier alpha value is -4.05. The second kappa shape index (κ2) is 8.47. The van der Waals surface area contributed by atoms with Gasteiger partial charge in [-0.05, 0) is 60.2 Å². The van der Waals surface area contributed by atoms with Gasteiger partial charge in [-0.3, -0.25) is 14.9 Å². The molecule has 1 aliphatic heterocycles. The van der Waals surface area contributed by atoms with Crippen LogP contribution in [0.2, 0.25) is 0 Å². The van der Waals surface area contributed by atoms with E-state index in [9.17, 15) is 27.7 Å².